The Labute approximate surface area is 97.4 Å². The number of rotatable bonds is 2. The first-order chi connectivity index (χ1) is 6.55. The van der Waals surface area contributed by atoms with Crippen LogP contribution in [0.3, 0.4) is 0 Å². The van der Waals surface area contributed by atoms with Crippen molar-refractivity contribution in [2.45, 2.75) is 63.4 Å². The third kappa shape index (κ3) is 3.58. The lowest BCUT2D eigenvalue weighted by molar-refractivity contribution is -0.0664. The SMILES string of the molecule is CC1(C)CC(NC2CC(F)C2)CCO1.Cl. The Hall–Kier alpha value is 0.140. The van der Waals surface area contributed by atoms with E-state index in [1.54, 1.807) is 0 Å². The zero-order chi connectivity index (χ0) is 10.2. The van der Waals surface area contributed by atoms with Gasteiger partial charge in [0.2, 0.25) is 0 Å². The molecule has 1 aliphatic carbocycles. The van der Waals surface area contributed by atoms with Crippen molar-refractivity contribution in [1.82, 2.24) is 5.32 Å². The van der Waals surface area contributed by atoms with E-state index in [0.29, 0.717) is 24.9 Å². The first kappa shape index (κ1) is 13.2. The molecule has 15 heavy (non-hydrogen) atoms. The monoisotopic (exact) mass is 237 g/mol. The number of hydrogen-bond donors (Lipinski definition) is 1. The van der Waals surface area contributed by atoms with Gasteiger partial charge in [0.25, 0.3) is 0 Å². The molecule has 4 heteroatoms. The summed E-state index contributed by atoms with van der Waals surface area (Å²) in [6, 6.07) is 0.945. The highest BCUT2D eigenvalue weighted by molar-refractivity contribution is 5.85. The van der Waals surface area contributed by atoms with Crippen molar-refractivity contribution in [1.29, 1.82) is 0 Å². The second kappa shape index (κ2) is 4.98. The average Bonchev–Trinajstić information content (AvgIpc) is 1.99. The summed E-state index contributed by atoms with van der Waals surface area (Å²) in [5, 5.41) is 3.52. The number of halogens is 2. The van der Waals surface area contributed by atoms with Gasteiger partial charge in [0.05, 0.1) is 5.60 Å². The number of ether oxygens (including phenoxy) is 1. The van der Waals surface area contributed by atoms with Gasteiger partial charge in [0.1, 0.15) is 6.17 Å². The third-order valence-corrected chi connectivity index (χ3v) is 3.25. The predicted octanol–water partition coefficient (Wildman–Crippen LogP) is 2.46. The maximum Gasteiger partial charge on any atom is 0.103 e. The fraction of sp³-hybridized carbons (Fsp3) is 1.00. The molecule has 1 unspecified atom stereocenters. The Balaban J connectivity index is 0.00000112. The van der Waals surface area contributed by atoms with Gasteiger partial charge in [0, 0.05) is 18.7 Å². The first-order valence-electron chi connectivity index (χ1n) is 5.59. The minimum absolute atomic E-state index is 0. The standard InChI is InChI=1S/C11H20FNO.ClH/c1-11(2)7-9(3-4-14-11)13-10-5-8(12)6-10;/h8-10,13H,3-7H2,1-2H3;1H. The Morgan fingerprint density at radius 2 is 1.93 bits per heavy atom. The van der Waals surface area contributed by atoms with Gasteiger partial charge in [-0.25, -0.2) is 4.39 Å². The van der Waals surface area contributed by atoms with Crippen LogP contribution in [0.15, 0.2) is 0 Å². The molecule has 2 rings (SSSR count). The van der Waals surface area contributed by atoms with Gasteiger partial charge in [0.15, 0.2) is 0 Å². The largest absolute Gasteiger partial charge is 0.375 e. The topological polar surface area (TPSA) is 21.3 Å². The molecule has 0 radical (unpaired) electrons. The molecular weight excluding hydrogens is 217 g/mol. The predicted molar refractivity (Wildman–Crippen MR) is 61.4 cm³/mol. The van der Waals surface area contributed by atoms with Crippen molar-refractivity contribution in [2.75, 3.05) is 6.61 Å². The zero-order valence-corrected chi connectivity index (χ0v) is 10.3. The van der Waals surface area contributed by atoms with E-state index in [2.05, 4.69) is 19.2 Å². The molecule has 0 spiro atoms. The summed E-state index contributed by atoms with van der Waals surface area (Å²) in [5.41, 5.74) is -0.00518. The van der Waals surface area contributed by atoms with Gasteiger partial charge in [-0.3, -0.25) is 0 Å². The van der Waals surface area contributed by atoms with Crippen molar-refractivity contribution < 1.29 is 9.13 Å². The van der Waals surface area contributed by atoms with Crippen LogP contribution in [-0.2, 0) is 4.74 Å². The summed E-state index contributed by atoms with van der Waals surface area (Å²) in [4.78, 5) is 0. The lowest BCUT2D eigenvalue weighted by Crippen LogP contribution is -2.51. The van der Waals surface area contributed by atoms with Crippen LogP contribution in [0.25, 0.3) is 0 Å². The Morgan fingerprint density at radius 1 is 1.27 bits per heavy atom. The lowest BCUT2D eigenvalue weighted by Gasteiger charge is -2.40. The van der Waals surface area contributed by atoms with E-state index in [-0.39, 0.29) is 18.0 Å². The Morgan fingerprint density at radius 3 is 2.47 bits per heavy atom. The number of hydrogen-bond acceptors (Lipinski definition) is 2. The minimum atomic E-state index is -0.555. The number of nitrogens with one attached hydrogen (secondary N) is 1. The smallest absolute Gasteiger partial charge is 0.103 e. The van der Waals surface area contributed by atoms with E-state index >= 15 is 0 Å². The second-order valence-corrected chi connectivity index (χ2v) is 5.23. The van der Waals surface area contributed by atoms with Crippen molar-refractivity contribution in [3.05, 3.63) is 0 Å². The summed E-state index contributed by atoms with van der Waals surface area (Å²) in [5.74, 6) is 0. The quantitative estimate of drug-likeness (QED) is 0.797. The van der Waals surface area contributed by atoms with Crippen LogP contribution in [0.1, 0.15) is 39.5 Å². The molecule has 0 aromatic carbocycles. The summed E-state index contributed by atoms with van der Waals surface area (Å²) >= 11 is 0. The summed E-state index contributed by atoms with van der Waals surface area (Å²) in [6.45, 7) is 5.08. The lowest BCUT2D eigenvalue weighted by atomic mass is 9.87. The van der Waals surface area contributed by atoms with Gasteiger partial charge in [-0.15, -0.1) is 12.4 Å². The van der Waals surface area contributed by atoms with Crippen molar-refractivity contribution in [2.24, 2.45) is 0 Å². The molecule has 1 N–H and O–H groups in total. The van der Waals surface area contributed by atoms with E-state index in [1.165, 1.54) is 0 Å². The van der Waals surface area contributed by atoms with Crippen LogP contribution in [0, 0.1) is 0 Å². The van der Waals surface area contributed by atoms with Gasteiger partial charge in [-0.05, 0) is 39.5 Å². The maximum absolute atomic E-state index is 12.6. The highest BCUT2D eigenvalue weighted by Crippen LogP contribution is 2.28. The molecule has 90 valence electrons. The normalized spacial score (nSPS) is 39.0. The van der Waals surface area contributed by atoms with Crippen molar-refractivity contribution >= 4 is 12.4 Å². The fourth-order valence-corrected chi connectivity index (χ4v) is 2.39. The molecule has 1 aliphatic heterocycles. The third-order valence-electron chi connectivity index (χ3n) is 3.25. The molecule has 2 nitrogen and oxygen atoms in total. The zero-order valence-electron chi connectivity index (χ0n) is 9.46. The average molecular weight is 238 g/mol. The molecule has 1 atom stereocenters. The van der Waals surface area contributed by atoms with Gasteiger partial charge in [-0.1, -0.05) is 0 Å². The highest BCUT2D eigenvalue weighted by Gasteiger charge is 2.34. The molecule has 0 aromatic rings. The molecule has 2 fully saturated rings. The molecule has 2 aliphatic rings. The van der Waals surface area contributed by atoms with E-state index in [0.717, 1.165) is 19.4 Å². The van der Waals surface area contributed by atoms with Crippen LogP contribution in [0.5, 0.6) is 0 Å². The van der Waals surface area contributed by atoms with Crippen LogP contribution >= 0.6 is 12.4 Å². The Bertz CT molecular complexity index is 207. The molecular formula is C11H21ClFNO. The van der Waals surface area contributed by atoms with Crippen molar-refractivity contribution in [3.63, 3.8) is 0 Å². The van der Waals surface area contributed by atoms with Crippen LogP contribution < -0.4 is 5.32 Å². The fourth-order valence-electron chi connectivity index (χ4n) is 2.39. The number of alkyl halides is 1. The highest BCUT2D eigenvalue weighted by atomic mass is 35.5. The molecule has 0 amide bonds. The molecule has 1 saturated heterocycles. The van der Waals surface area contributed by atoms with E-state index in [9.17, 15) is 4.39 Å². The van der Waals surface area contributed by atoms with E-state index < -0.39 is 6.17 Å². The van der Waals surface area contributed by atoms with Crippen LogP contribution in [-0.4, -0.2) is 30.5 Å². The molecule has 0 bridgehead atoms. The van der Waals surface area contributed by atoms with Crippen LogP contribution in [0.2, 0.25) is 0 Å². The summed E-state index contributed by atoms with van der Waals surface area (Å²) < 4.78 is 18.2. The van der Waals surface area contributed by atoms with E-state index in [1.807, 2.05) is 0 Å². The van der Waals surface area contributed by atoms with Gasteiger partial charge < -0.3 is 10.1 Å². The van der Waals surface area contributed by atoms with Crippen LogP contribution in [0.4, 0.5) is 4.39 Å². The molecule has 0 aromatic heterocycles. The van der Waals surface area contributed by atoms with Gasteiger partial charge in [-0.2, -0.15) is 0 Å². The van der Waals surface area contributed by atoms with E-state index in [4.69, 9.17) is 4.74 Å². The molecule has 1 heterocycles. The van der Waals surface area contributed by atoms with Gasteiger partial charge >= 0.3 is 0 Å². The van der Waals surface area contributed by atoms with Crippen molar-refractivity contribution in [3.8, 4) is 0 Å². The second-order valence-electron chi connectivity index (χ2n) is 5.23. The summed E-state index contributed by atoms with van der Waals surface area (Å²) in [6.07, 6.45) is 2.97. The minimum Gasteiger partial charge on any atom is -0.375 e. The molecule has 1 saturated carbocycles. The Kier molecular flexibility index (Phi) is 4.38. The maximum atomic E-state index is 12.6. The summed E-state index contributed by atoms with van der Waals surface area (Å²) in [7, 11) is 0. The first-order valence-corrected chi connectivity index (χ1v) is 5.59.